The summed E-state index contributed by atoms with van der Waals surface area (Å²) in [4.78, 5) is 12.5. The Morgan fingerprint density at radius 2 is 1.86 bits per heavy atom. The van der Waals surface area contributed by atoms with Gasteiger partial charge in [-0.25, -0.2) is 12.8 Å². The van der Waals surface area contributed by atoms with E-state index in [1.165, 1.54) is 41.7 Å². The minimum absolute atomic E-state index is 0.00729. The van der Waals surface area contributed by atoms with Crippen LogP contribution in [-0.4, -0.2) is 38.8 Å². The molecule has 1 aliphatic rings. The molecule has 9 heteroatoms. The van der Waals surface area contributed by atoms with Crippen LogP contribution in [-0.2, 0) is 10.0 Å². The van der Waals surface area contributed by atoms with Gasteiger partial charge >= 0.3 is 0 Å². The third-order valence-corrected chi connectivity index (χ3v) is 7.11. The summed E-state index contributed by atoms with van der Waals surface area (Å²) in [5, 5.41) is 2.66. The lowest BCUT2D eigenvalue weighted by Crippen LogP contribution is -2.35. The molecule has 1 aliphatic heterocycles. The molecule has 2 aromatic carbocycles. The molecule has 150 valence electrons. The first-order chi connectivity index (χ1) is 13.3. The lowest BCUT2D eigenvalue weighted by molar-refractivity contribution is 0.102. The molecule has 0 spiro atoms. The molecule has 1 N–H and O–H groups in total. The van der Waals surface area contributed by atoms with Gasteiger partial charge in [0.05, 0.1) is 12.7 Å². The van der Waals surface area contributed by atoms with Crippen molar-refractivity contribution in [2.24, 2.45) is 0 Å². The number of ether oxygens (including phenoxy) is 1. The van der Waals surface area contributed by atoms with E-state index in [4.69, 9.17) is 4.74 Å². The van der Waals surface area contributed by atoms with Crippen molar-refractivity contribution in [3.8, 4) is 5.75 Å². The van der Waals surface area contributed by atoms with E-state index < -0.39 is 21.7 Å². The molecule has 28 heavy (non-hydrogen) atoms. The van der Waals surface area contributed by atoms with Gasteiger partial charge in [-0.2, -0.15) is 4.31 Å². The highest BCUT2D eigenvalue weighted by Gasteiger charge is 2.29. The molecule has 1 fully saturated rings. The van der Waals surface area contributed by atoms with Crippen LogP contribution in [0.25, 0.3) is 0 Å². The van der Waals surface area contributed by atoms with Crippen molar-refractivity contribution >= 4 is 37.5 Å². The molecule has 3 rings (SSSR count). The molecular formula is C19H20BrFN2O4S. The van der Waals surface area contributed by atoms with E-state index >= 15 is 0 Å². The number of sulfonamides is 1. The average molecular weight is 471 g/mol. The second-order valence-corrected chi connectivity index (χ2v) is 9.17. The summed E-state index contributed by atoms with van der Waals surface area (Å²) >= 11 is 3.16. The number of nitrogens with zero attached hydrogens (tertiary/aromatic N) is 1. The quantitative estimate of drug-likeness (QED) is 0.715. The third kappa shape index (κ3) is 4.37. The number of hydrogen-bond donors (Lipinski definition) is 1. The number of amides is 1. The second-order valence-electron chi connectivity index (χ2n) is 6.41. The summed E-state index contributed by atoms with van der Waals surface area (Å²) in [6.07, 6.45) is 2.64. The van der Waals surface area contributed by atoms with Gasteiger partial charge in [0, 0.05) is 23.2 Å². The Kier molecular flexibility index (Phi) is 6.36. The van der Waals surface area contributed by atoms with Gasteiger partial charge in [-0.05, 0) is 65.2 Å². The first-order valence-corrected chi connectivity index (χ1v) is 11.0. The molecule has 0 aromatic heterocycles. The summed E-state index contributed by atoms with van der Waals surface area (Å²) in [6, 6.07) is 8.17. The fraction of sp³-hybridized carbons (Fsp3) is 0.316. The standard InChI is InChI=1S/C19H20BrFN2O4S/c1-27-17-8-6-14(22-19(24)15-7-5-13(21)11-16(15)20)12-18(17)28(25,26)23-9-3-2-4-10-23/h5-8,11-12H,2-4,9-10H2,1H3,(H,22,24). The maximum absolute atomic E-state index is 13.2. The van der Waals surface area contributed by atoms with Crippen molar-refractivity contribution in [3.63, 3.8) is 0 Å². The summed E-state index contributed by atoms with van der Waals surface area (Å²) in [5.41, 5.74) is 0.537. The maximum atomic E-state index is 13.2. The minimum atomic E-state index is -3.74. The Hall–Kier alpha value is -1.97. The number of benzene rings is 2. The van der Waals surface area contributed by atoms with Gasteiger partial charge in [0.25, 0.3) is 5.91 Å². The van der Waals surface area contributed by atoms with Crippen molar-refractivity contribution in [1.29, 1.82) is 0 Å². The Balaban J connectivity index is 1.91. The minimum Gasteiger partial charge on any atom is -0.495 e. The number of methoxy groups -OCH3 is 1. The molecule has 1 amide bonds. The lowest BCUT2D eigenvalue weighted by atomic mass is 10.2. The van der Waals surface area contributed by atoms with Crippen molar-refractivity contribution < 1.29 is 22.3 Å². The number of hydrogen-bond acceptors (Lipinski definition) is 4. The van der Waals surface area contributed by atoms with Crippen LogP contribution in [0.15, 0.2) is 45.8 Å². The van der Waals surface area contributed by atoms with Crippen LogP contribution in [0.1, 0.15) is 29.6 Å². The monoisotopic (exact) mass is 470 g/mol. The lowest BCUT2D eigenvalue weighted by Gasteiger charge is -2.26. The number of piperidine rings is 1. The van der Waals surface area contributed by atoms with Gasteiger partial charge < -0.3 is 10.1 Å². The van der Waals surface area contributed by atoms with Gasteiger partial charge in [-0.1, -0.05) is 6.42 Å². The molecule has 0 radical (unpaired) electrons. The van der Waals surface area contributed by atoms with E-state index in [1.54, 1.807) is 6.07 Å². The predicted molar refractivity (Wildman–Crippen MR) is 108 cm³/mol. The third-order valence-electron chi connectivity index (χ3n) is 4.53. The summed E-state index contributed by atoms with van der Waals surface area (Å²) in [5.74, 6) is -0.743. The highest BCUT2D eigenvalue weighted by atomic mass is 79.9. The number of rotatable bonds is 5. The molecule has 2 aromatic rings. The van der Waals surface area contributed by atoms with Crippen LogP contribution in [0.3, 0.4) is 0 Å². The largest absolute Gasteiger partial charge is 0.495 e. The van der Waals surface area contributed by atoms with Gasteiger partial charge in [-0.3, -0.25) is 4.79 Å². The summed E-state index contributed by atoms with van der Waals surface area (Å²) in [6.45, 7) is 0.926. The number of nitrogens with one attached hydrogen (secondary N) is 1. The zero-order valence-electron chi connectivity index (χ0n) is 15.2. The van der Waals surface area contributed by atoms with Crippen molar-refractivity contribution in [2.45, 2.75) is 24.2 Å². The van der Waals surface area contributed by atoms with Crippen LogP contribution in [0, 0.1) is 5.82 Å². The Bertz CT molecular complexity index is 991. The number of carbonyl (C=O) groups excluding carboxylic acids is 1. The van der Waals surface area contributed by atoms with Gasteiger partial charge in [0.2, 0.25) is 10.0 Å². The number of carbonyl (C=O) groups is 1. The van der Waals surface area contributed by atoms with Gasteiger partial charge in [-0.15, -0.1) is 0 Å². The number of halogens is 2. The highest BCUT2D eigenvalue weighted by Crippen LogP contribution is 2.31. The fourth-order valence-electron chi connectivity index (χ4n) is 3.07. The van der Waals surface area contributed by atoms with Crippen LogP contribution in [0.4, 0.5) is 10.1 Å². The SMILES string of the molecule is COc1ccc(NC(=O)c2ccc(F)cc2Br)cc1S(=O)(=O)N1CCCCC1. The fourth-order valence-corrected chi connectivity index (χ4v) is 5.30. The molecule has 1 heterocycles. The van der Waals surface area contributed by atoms with Gasteiger partial charge in [0.15, 0.2) is 0 Å². The second kappa shape index (κ2) is 8.59. The summed E-state index contributed by atoms with van der Waals surface area (Å²) in [7, 11) is -2.34. The average Bonchev–Trinajstić information content (AvgIpc) is 2.68. The highest BCUT2D eigenvalue weighted by molar-refractivity contribution is 9.10. The molecule has 0 bridgehead atoms. The smallest absolute Gasteiger partial charge is 0.256 e. The van der Waals surface area contributed by atoms with Crippen LogP contribution in [0.2, 0.25) is 0 Å². The van der Waals surface area contributed by atoms with Crippen molar-refractivity contribution in [3.05, 3.63) is 52.3 Å². The van der Waals surface area contributed by atoms with Crippen LogP contribution < -0.4 is 10.1 Å². The van der Waals surface area contributed by atoms with E-state index in [0.29, 0.717) is 23.2 Å². The topological polar surface area (TPSA) is 75.7 Å². The Morgan fingerprint density at radius 1 is 1.14 bits per heavy atom. The Morgan fingerprint density at radius 3 is 2.50 bits per heavy atom. The molecule has 0 aliphatic carbocycles. The normalized spacial score (nSPS) is 15.2. The zero-order chi connectivity index (χ0) is 20.3. The first-order valence-electron chi connectivity index (χ1n) is 8.77. The van der Waals surface area contributed by atoms with Crippen LogP contribution >= 0.6 is 15.9 Å². The zero-order valence-corrected chi connectivity index (χ0v) is 17.6. The van der Waals surface area contributed by atoms with Crippen LogP contribution in [0.5, 0.6) is 5.75 Å². The molecule has 0 saturated carbocycles. The molecule has 1 saturated heterocycles. The van der Waals surface area contributed by atoms with Gasteiger partial charge in [0.1, 0.15) is 16.5 Å². The van der Waals surface area contributed by atoms with Crippen molar-refractivity contribution in [1.82, 2.24) is 4.31 Å². The first kappa shape index (κ1) is 20.8. The molecule has 0 unspecified atom stereocenters. The molecule has 6 nitrogen and oxygen atoms in total. The van der Waals surface area contributed by atoms with E-state index in [1.807, 2.05) is 0 Å². The Labute approximate surface area is 171 Å². The van der Waals surface area contributed by atoms with E-state index in [0.717, 1.165) is 19.3 Å². The van der Waals surface area contributed by atoms with Crippen molar-refractivity contribution in [2.75, 3.05) is 25.5 Å². The number of anilines is 1. The van der Waals surface area contributed by atoms with E-state index in [9.17, 15) is 17.6 Å². The maximum Gasteiger partial charge on any atom is 0.256 e. The van der Waals surface area contributed by atoms with E-state index in [-0.39, 0.29) is 16.2 Å². The molecular weight excluding hydrogens is 451 g/mol. The van der Waals surface area contributed by atoms with E-state index in [2.05, 4.69) is 21.2 Å². The summed E-state index contributed by atoms with van der Waals surface area (Å²) < 4.78 is 46.3. The predicted octanol–water partition coefficient (Wildman–Crippen LogP) is 4.02. The molecule has 0 atom stereocenters.